The topological polar surface area (TPSA) is 52.6 Å². The maximum atomic E-state index is 11.8. The van der Waals surface area contributed by atoms with Gasteiger partial charge in [-0.1, -0.05) is 0 Å². The Morgan fingerprint density at radius 3 is 1.30 bits per heavy atom. The largest absolute Gasteiger partial charge is 0.360 e. The predicted molar refractivity (Wildman–Crippen MR) is 76.2 cm³/mol. The van der Waals surface area contributed by atoms with Gasteiger partial charge in [-0.05, 0) is 25.7 Å². The lowest BCUT2D eigenvalue weighted by Crippen LogP contribution is -2.27. The van der Waals surface area contributed by atoms with Crippen molar-refractivity contribution in [1.29, 1.82) is 0 Å². The molecule has 2 rings (SSSR count). The van der Waals surface area contributed by atoms with E-state index in [4.69, 9.17) is 46.4 Å². The highest BCUT2D eigenvalue weighted by Gasteiger charge is 2.41. The third kappa shape index (κ3) is 3.85. The Morgan fingerprint density at radius 2 is 1.05 bits per heavy atom. The van der Waals surface area contributed by atoms with Crippen molar-refractivity contribution in [3.8, 4) is 0 Å². The Morgan fingerprint density at radius 1 is 0.700 bits per heavy atom. The molecule has 2 aliphatic rings. The molecule has 0 heterocycles. The summed E-state index contributed by atoms with van der Waals surface area (Å²) in [4.78, 5) is 32.7. The number of rotatable bonds is 2. The first-order valence-electron chi connectivity index (χ1n) is 6.37. The molecule has 0 amide bonds. The summed E-state index contributed by atoms with van der Waals surface area (Å²) in [6.45, 7) is 0. The molecule has 0 aromatic heterocycles. The second-order valence-electron chi connectivity index (χ2n) is 5.19. The van der Waals surface area contributed by atoms with Crippen LogP contribution in [0.2, 0.25) is 0 Å². The molecule has 8 heteroatoms. The van der Waals surface area contributed by atoms with E-state index in [1.54, 1.807) is 0 Å². The second kappa shape index (κ2) is 6.91. The number of carbonyl (C=O) groups excluding carboxylic acids is 2. The fourth-order valence-electron chi connectivity index (χ4n) is 2.55. The van der Waals surface area contributed by atoms with Gasteiger partial charge in [-0.25, -0.2) is 19.4 Å². The minimum atomic E-state index is -0.673. The molecule has 2 fully saturated rings. The molecule has 0 bridgehead atoms. The predicted octanol–water partition coefficient (Wildman–Crippen LogP) is 3.24. The molecule has 0 aliphatic heterocycles. The van der Waals surface area contributed by atoms with Gasteiger partial charge in [0.1, 0.15) is 0 Å². The van der Waals surface area contributed by atoms with Crippen molar-refractivity contribution in [2.75, 3.05) is 0 Å². The van der Waals surface area contributed by atoms with Crippen LogP contribution in [0.3, 0.4) is 0 Å². The van der Waals surface area contributed by atoms with Crippen LogP contribution in [-0.4, -0.2) is 33.4 Å². The molecule has 0 radical (unpaired) electrons. The van der Waals surface area contributed by atoms with Gasteiger partial charge in [-0.3, -0.25) is 0 Å². The minimum Gasteiger partial charge on any atom is -0.247 e. The zero-order chi connectivity index (χ0) is 14.9. The summed E-state index contributed by atoms with van der Waals surface area (Å²) < 4.78 is 0. The normalized spacial score (nSPS) is 40.6. The number of halogens is 4. The van der Waals surface area contributed by atoms with Crippen LogP contribution in [-0.2, 0) is 19.4 Å². The van der Waals surface area contributed by atoms with E-state index in [0.29, 0.717) is 25.7 Å². The molecule has 0 N–H and O–H groups in total. The first-order valence-corrected chi connectivity index (χ1v) is 8.11. The molecule has 114 valence electrons. The van der Waals surface area contributed by atoms with Crippen LogP contribution in [0.5, 0.6) is 0 Å². The van der Waals surface area contributed by atoms with Crippen molar-refractivity contribution in [3.63, 3.8) is 0 Å². The van der Waals surface area contributed by atoms with Gasteiger partial charge in [-0.15, -0.1) is 46.4 Å². The average Bonchev–Trinajstić information content (AvgIpc) is 2.88. The number of hydrogen-bond donors (Lipinski definition) is 0. The molecule has 0 saturated heterocycles. The molecular formula is C12H14Cl4O4. The molecular weight excluding hydrogens is 350 g/mol. The van der Waals surface area contributed by atoms with E-state index in [2.05, 4.69) is 9.78 Å². The van der Waals surface area contributed by atoms with Gasteiger partial charge in [0.15, 0.2) is 0 Å². The van der Waals surface area contributed by atoms with Crippen molar-refractivity contribution >= 4 is 58.3 Å². The van der Waals surface area contributed by atoms with Crippen molar-refractivity contribution in [3.05, 3.63) is 0 Å². The summed E-state index contributed by atoms with van der Waals surface area (Å²) >= 11 is 23.8. The summed E-state index contributed by atoms with van der Waals surface area (Å²) in [7, 11) is 0. The molecule has 6 unspecified atom stereocenters. The highest BCUT2D eigenvalue weighted by atomic mass is 35.5. The molecule has 2 aliphatic carbocycles. The van der Waals surface area contributed by atoms with Crippen molar-refractivity contribution < 1.29 is 19.4 Å². The van der Waals surface area contributed by atoms with Gasteiger partial charge in [-0.2, -0.15) is 0 Å². The van der Waals surface area contributed by atoms with Gasteiger partial charge in [0, 0.05) is 21.5 Å². The van der Waals surface area contributed by atoms with E-state index in [9.17, 15) is 9.59 Å². The lowest BCUT2D eigenvalue weighted by molar-refractivity contribution is -0.264. The molecule has 20 heavy (non-hydrogen) atoms. The molecule has 6 atom stereocenters. The summed E-state index contributed by atoms with van der Waals surface area (Å²) in [5.41, 5.74) is 0. The Bertz CT molecular complexity index is 356. The van der Waals surface area contributed by atoms with Gasteiger partial charge < -0.3 is 0 Å². The lowest BCUT2D eigenvalue weighted by Gasteiger charge is -2.13. The average molecular weight is 364 g/mol. The fourth-order valence-corrected chi connectivity index (χ4v) is 4.34. The first kappa shape index (κ1) is 16.5. The highest BCUT2D eigenvalue weighted by molar-refractivity contribution is 6.26. The fraction of sp³-hybridized carbons (Fsp3) is 0.833. The Balaban J connectivity index is 1.80. The molecule has 0 aromatic rings. The zero-order valence-electron chi connectivity index (χ0n) is 10.4. The monoisotopic (exact) mass is 362 g/mol. The van der Waals surface area contributed by atoms with E-state index in [0.717, 1.165) is 0 Å². The van der Waals surface area contributed by atoms with E-state index in [1.165, 1.54) is 0 Å². The van der Waals surface area contributed by atoms with Crippen LogP contribution in [0, 0.1) is 11.8 Å². The standard InChI is InChI=1S/C12H14Cl4O4/c13-5-1-7(9(15)3-5)11(17)19-20-12(18)8-2-6(14)4-10(8)16/h5-10H,1-4H2. The van der Waals surface area contributed by atoms with E-state index < -0.39 is 34.5 Å². The summed E-state index contributed by atoms with van der Waals surface area (Å²) in [6, 6.07) is 0. The SMILES string of the molecule is O=C(OOC(=O)C1CC(Cl)CC1Cl)C1CC(Cl)CC1Cl. The minimum absolute atomic E-state index is 0.162. The van der Waals surface area contributed by atoms with E-state index >= 15 is 0 Å². The lowest BCUT2D eigenvalue weighted by atomic mass is 10.1. The highest BCUT2D eigenvalue weighted by Crippen LogP contribution is 2.36. The van der Waals surface area contributed by atoms with E-state index in [1.807, 2.05) is 0 Å². The summed E-state index contributed by atoms with van der Waals surface area (Å²) in [6.07, 6.45) is 1.88. The number of hydrogen-bond acceptors (Lipinski definition) is 4. The maximum Gasteiger partial charge on any atom is 0.360 e. The molecule has 2 saturated carbocycles. The van der Waals surface area contributed by atoms with Crippen molar-refractivity contribution in [1.82, 2.24) is 0 Å². The molecule has 0 aromatic carbocycles. The van der Waals surface area contributed by atoms with Crippen molar-refractivity contribution in [2.24, 2.45) is 11.8 Å². The van der Waals surface area contributed by atoms with Gasteiger partial charge in [0.25, 0.3) is 0 Å². The van der Waals surface area contributed by atoms with Gasteiger partial charge >= 0.3 is 11.9 Å². The van der Waals surface area contributed by atoms with Crippen LogP contribution < -0.4 is 0 Å². The van der Waals surface area contributed by atoms with Crippen LogP contribution >= 0.6 is 46.4 Å². The number of carbonyl (C=O) groups is 2. The third-order valence-electron chi connectivity index (χ3n) is 3.67. The second-order valence-corrected chi connectivity index (χ2v) is 7.54. The van der Waals surface area contributed by atoms with Crippen LogP contribution in [0.15, 0.2) is 0 Å². The quantitative estimate of drug-likeness (QED) is 0.429. The zero-order valence-corrected chi connectivity index (χ0v) is 13.5. The van der Waals surface area contributed by atoms with Gasteiger partial charge in [0.2, 0.25) is 0 Å². The molecule has 0 spiro atoms. The Labute approximate surface area is 136 Å². The van der Waals surface area contributed by atoms with Crippen LogP contribution in [0.4, 0.5) is 0 Å². The Hall–Kier alpha value is 0.1000. The van der Waals surface area contributed by atoms with Crippen LogP contribution in [0.25, 0.3) is 0 Å². The molecule has 4 nitrogen and oxygen atoms in total. The van der Waals surface area contributed by atoms with Crippen molar-refractivity contribution in [2.45, 2.75) is 47.2 Å². The first-order chi connectivity index (χ1) is 9.38. The summed E-state index contributed by atoms with van der Waals surface area (Å²) in [5, 5.41) is -1.12. The summed E-state index contributed by atoms with van der Waals surface area (Å²) in [5.74, 6) is -2.45. The third-order valence-corrected chi connectivity index (χ3v) is 5.34. The Kier molecular flexibility index (Phi) is 5.69. The smallest absolute Gasteiger partial charge is 0.247 e. The number of alkyl halides is 4. The van der Waals surface area contributed by atoms with Crippen LogP contribution in [0.1, 0.15) is 25.7 Å². The van der Waals surface area contributed by atoms with E-state index in [-0.39, 0.29) is 10.8 Å². The maximum absolute atomic E-state index is 11.8. The van der Waals surface area contributed by atoms with Gasteiger partial charge in [0.05, 0.1) is 11.8 Å².